The van der Waals surface area contributed by atoms with Crippen LogP contribution in [-0.2, 0) is 4.74 Å². The molecule has 0 aliphatic carbocycles. The lowest BCUT2D eigenvalue weighted by atomic mass is 10.2. The van der Waals surface area contributed by atoms with E-state index in [4.69, 9.17) is 4.74 Å². The molecule has 1 amide bonds. The highest BCUT2D eigenvalue weighted by Gasteiger charge is 2.00. The highest BCUT2D eigenvalue weighted by atomic mass is 16.5. The number of alkyl carbamates (subject to hydrolysis) is 1. The number of nitrogens with one attached hydrogen (secondary N) is 1. The molecule has 3 nitrogen and oxygen atoms in total. The third-order valence-corrected chi connectivity index (χ3v) is 1.59. The zero-order valence-electron chi connectivity index (χ0n) is 8.19. The van der Waals surface area contributed by atoms with Gasteiger partial charge in [0, 0.05) is 0 Å². The van der Waals surface area contributed by atoms with E-state index >= 15 is 0 Å². The molecule has 0 aliphatic rings. The first-order valence-electron chi connectivity index (χ1n) is 4.64. The van der Waals surface area contributed by atoms with Crippen LogP contribution in [0.5, 0.6) is 0 Å². The van der Waals surface area contributed by atoms with Gasteiger partial charge in [0.05, 0.1) is 13.2 Å². The summed E-state index contributed by atoms with van der Waals surface area (Å²) >= 11 is 0. The average Bonchev–Trinajstić information content (AvgIpc) is 2.25. The lowest BCUT2D eigenvalue weighted by Gasteiger charge is -2.04. The zero-order valence-corrected chi connectivity index (χ0v) is 8.19. The van der Waals surface area contributed by atoms with Crippen LogP contribution in [0.3, 0.4) is 0 Å². The van der Waals surface area contributed by atoms with Crippen LogP contribution in [0, 0.1) is 6.54 Å². The molecule has 1 aromatic carbocycles. The van der Waals surface area contributed by atoms with Crippen molar-refractivity contribution in [2.24, 2.45) is 0 Å². The molecular weight excluding hydrogens is 178 g/mol. The van der Waals surface area contributed by atoms with Gasteiger partial charge in [0.25, 0.3) is 0 Å². The first-order chi connectivity index (χ1) is 6.83. The van der Waals surface area contributed by atoms with Crippen molar-refractivity contribution in [3.05, 3.63) is 42.4 Å². The van der Waals surface area contributed by atoms with Crippen LogP contribution in [0.4, 0.5) is 4.79 Å². The SMILES string of the molecule is CCCOC(=O)N[CH]c1ccccc1. The standard InChI is InChI=1S/C11H14NO2/c1-2-8-14-11(13)12-9-10-6-4-3-5-7-10/h3-7,9H,2,8H2,1H3,(H,12,13). The zero-order chi connectivity index (χ0) is 10.2. The number of benzene rings is 1. The molecule has 0 unspecified atom stereocenters. The summed E-state index contributed by atoms with van der Waals surface area (Å²) in [6.07, 6.45) is 0.425. The van der Waals surface area contributed by atoms with Crippen molar-refractivity contribution < 1.29 is 9.53 Å². The van der Waals surface area contributed by atoms with Gasteiger partial charge in [-0.25, -0.2) is 4.79 Å². The second-order valence-corrected chi connectivity index (χ2v) is 2.84. The third kappa shape index (κ3) is 3.94. The Morgan fingerprint density at radius 2 is 2.14 bits per heavy atom. The maximum absolute atomic E-state index is 11.0. The van der Waals surface area contributed by atoms with Gasteiger partial charge >= 0.3 is 6.09 Å². The molecule has 0 saturated heterocycles. The molecule has 1 radical (unpaired) electrons. The van der Waals surface area contributed by atoms with Crippen molar-refractivity contribution >= 4 is 6.09 Å². The van der Waals surface area contributed by atoms with E-state index in [0.29, 0.717) is 6.61 Å². The van der Waals surface area contributed by atoms with Crippen LogP contribution in [0.15, 0.2) is 30.3 Å². The molecule has 1 rings (SSSR count). The predicted octanol–water partition coefficient (Wildman–Crippen LogP) is 2.33. The van der Waals surface area contributed by atoms with Gasteiger partial charge in [-0.3, -0.25) is 0 Å². The normalized spacial score (nSPS) is 9.50. The molecule has 0 heterocycles. The summed E-state index contributed by atoms with van der Waals surface area (Å²) in [5.41, 5.74) is 0.945. The number of ether oxygens (including phenoxy) is 1. The Bertz CT molecular complexity index is 272. The van der Waals surface area contributed by atoms with Crippen LogP contribution in [0.1, 0.15) is 18.9 Å². The van der Waals surface area contributed by atoms with E-state index in [9.17, 15) is 4.79 Å². The Hall–Kier alpha value is -1.51. The maximum Gasteiger partial charge on any atom is 0.407 e. The van der Waals surface area contributed by atoms with Gasteiger partial charge in [-0.15, -0.1) is 0 Å². The lowest BCUT2D eigenvalue weighted by molar-refractivity contribution is 0.149. The fourth-order valence-electron chi connectivity index (χ4n) is 0.928. The van der Waals surface area contributed by atoms with Gasteiger partial charge < -0.3 is 10.1 Å². The summed E-state index contributed by atoms with van der Waals surface area (Å²) in [5.74, 6) is 0. The summed E-state index contributed by atoms with van der Waals surface area (Å²) in [6, 6.07) is 9.54. The van der Waals surface area contributed by atoms with Crippen molar-refractivity contribution in [2.75, 3.05) is 6.61 Å². The minimum atomic E-state index is -0.407. The molecule has 0 atom stereocenters. The summed E-state index contributed by atoms with van der Waals surface area (Å²) in [4.78, 5) is 11.0. The van der Waals surface area contributed by atoms with E-state index in [-0.39, 0.29) is 0 Å². The summed E-state index contributed by atoms with van der Waals surface area (Å²) in [7, 11) is 0. The van der Waals surface area contributed by atoms with Gasteiger partial charge in [0.15, 0.2) is 0 Å². The van der Waals surface area contributed by atoms with Crippen molar-refractivity contribution in [3.63, 3.8) is 0 Å². The number of carbonyl (C=O) groups excluding carboxylic acids is 1. The smallest absolute Gasteiger partial charge is 0.407 e. The van der Waals surface area contributed by atoms with Crippen molar-refractivity contribution in [2.45, 2.75) is 13.3 Å². The average molecular weight is 192 g/mol. The van der Waals surface area contributed by atoms with Gasteiger partial charge in [-0.1, -0.05) is 37.3 Å². The molecule has 1 N–H and O–H groups in total. The molecule has 3 heteroatoms. The molecular formula is C11H14NO2. The Balaban J connectivity index is 2.24. The van der Waals surface area contributed by atoms with Crippen LogP contribution in [0.25, 0.3) is 0 Å². The second-order valence-electron chi connectivity index (χ2n) is 2.84. The Kier molecular flexibility index (Phi) is 4.55. The monoisotopic (exact) mass is 192 g/mol. The molecule has 0 aliphatic heterocycles. The van der Waals surface area contributed by atoms with E-state index in [2.05, 4.69) is 5.32 Å². The third-order valence-electron chi connectivity index (χ3n) is 1.59. The fourth-order valence-corrected chi connectivity index (χ4v) is 0.928. The van der Waals surface area contributed by atoms with Crippen molar-refractivity contribution in [1.82, 2.24) is 5.32 Å². The number of hydrogen-bond donors (Lipinski definition) is 1. The number of carbonyl (C=O) groups is 1. The number of amides is 1. The lowest BCUT2D eigenvalue weighted by Crippen LogP contribution is -2.22. The summed E-state index contributed by atoms with van der Waals surface area (Å²) < 4.78 is 4.83. The fraction of sp³-hybridized carbons (Fsp3) is 0.273. The van der Waals surface area contributed by atoms with E-state index in [1.165, 1.54) is 0 Å². The van der Waals surface area contributed by atoms with Gasteiger partial charge in [0.1, 0.15) is 0 Å². The molecule has 14 heavy (non-hydrogen) atoms. The van der Waals surface area contributed by atoms with Gasteiger partial charge in [-0.05, 0) is 12.0 Å². The molecule has 0 spiro atoms. The second kappa shape index (κ2) is 6.02. The van der Waals surface area contributed by atoms with Crippen LogP contribution < -0.4 is 5.32 Å². The predicted molar refractivity (Wildman–Crippen MR) is 54.6 cm³/mol. The van der Waals surface area contributed by atoms with Gasteiger partial charge in [-0.2, -0.15) is 0 Å². The highest BCUT2D eigenvalue weighted by molar-refractivity contribution is 5.68. The minimum Gasteiger partial charge on any atom is -0.450 e. The molecule has 75 valence electrons. The Labute approximate surface area is 84.1 Å². The van der Waals surface area contributed by atoms with Crippen molar-refractivity contribution in [3.8, 4) is 0 Å². The van der Waals surface area contributed by atoms with Gasteiger partial charge in [0.2, 0.25) is 0 Å². The van der Waals surface area contributed by atoms with E-state index < -0.39 is 6.09 Å². The van der Waals surface area contributed by atoms with Crippen LogP contribution in [0.2, 0.25) is 0 Å². The highest BCUT2D eigenvalue weighted by Crippen LogP contribution is 1.99. The van der Waals surface area contributed by atoms with Crippen LogP contribution >= 0.6 is 0 Å². The largest absolute Gasteiger partial charge is 0.450 e. The summed E-state index contributed by atoms with van der Waals surface area (Å²) in [5, 5.41) is 2.55. The summed E-state index contributed by atoms with van der Waals surface area (Å²) in [6.45, 7) is 4.03. The minimum absolute atomic E-state index is 0.407. The molecule has 1 aromatic rings. The van der Waals surface area contributed by atoms with E-state index in [1.54, 1.807) is 6.54 Å². The molecule has 0 saturated carbocycles. The quantitative estimate of drug-likeness (QED) is 0.795. The molecule has 0 fully saturated rings. The Morgan fingerprint density at radius 3 is 2.79 bits per heavy atom. The number of hydrogen-bond acceptors (Lipinski definition) is 2. The Morgan fingerprint density at radius 1 is 1.43 bits per heavy atom. The van der Waals surface area contributed by atoms with E-state index in [1.807, 2.05) is 37.3 Å². The van der Waals surface area contributed by atoms with Crippen LogP contribution in [-0.4, -0.2) is 12.7 Å². The number of rotatable bonds is 4. The maximum atomic E-state index is 11.0. The molecule has 0 aromatic heterocycles. The van der Waals surface area contributed by atoms with E-state index in [0.717, 1.165) is 12.0 Å². The first kappa shape index (κ1) is 10.6. The van der Waals surface area contributed by atoms with Crippen molar-refractivity contribution in [1.29, 1.82) is 0 Å². The molecule has 0 bridgehead atoms. The topological polar surface area (TPSA) is 38.3 Å². The first-order valence-corrected chi connectivity index (χ1v) is 4.64.